The van der Waals surface area contributed by atoms with Crippen molar-refractivity contribution in [3.05, 3.63) is 29.0 Å². The van der Waals surface area contributed by atoms with Crippen molar-refractivity contribution in [1.29, 1.82) is 0 Å². The van der Waals surface area contributed by atoms with Crippen LogP contribution in [0.1, 0.15) is 5.69 Å². The van der Waals surface area contributed by atoms with E-state index in [1.165, 1.54) is 0 Å². The summed E-state index contributed by atoms with van der Waals surface area (Å²) < 4.78 is 0. The van der Waals surface area contributed by atoms with Crippen LogP contribution in [0, 0.1) is 0 Å². The molecule has 0 fully saturated rings. The number of hydrogen-bond donors (Lipinski definition) is 1. The first-order chi connectivity index (χ1) is 7.25. The first-order valence-corrected chi connectivity index (χ1v) is 5.23. The summed E-state index contributed by atoms with van der Waals surface area (Å²) in [6.07, 6.45) is 1.65. The molecular weight excluding hydrogens is 212 g/mol. The van der Waals surface area contributed by atoms with Gasteiger partial charge < -0.3 is 10.2 Å². The van der Waals surface area contributed by atoms with E-state index in [0.717, 1.165) is 24.7 Å². The lowest BCUT2D eigenvalue weighted by Crippen LogP contribution is -2.35. The Balaban J connectivity index is 1.90. The van der Waals surface area contributed by atoms with Gasteiger partial charge in [-0.1, -0.05) is 11.6 Å². The van der Waals surface area contributed by atoms with E-state index < -0.39 is 0 Å². The molecule has 0 aliphatic carbocycles. The van der Waals surface area contributed by atoms with Crippen molar-refractivity contribution in [2.24, 2.45) is 4.99 Å². The van der Waals surface area contributed by atoms with Gasteiger partial charge in [0.15, 0.2) is 5.96 Å². The van der Waals surface area contributed by atoms with Gasteiger partial charge in [-0.3, -0.25) is 9.98 Å². The van der Waals surface area contributed by atoms with E-state index in [4.69, 9.17) is 11.6 Å². The zero-order chi connectivity index (χ0) is 10.7. The van der Waals surface area contributed by atoms with Gasteiger partial charge in [0.05, 0.1) is 23.8 Å². The third kappa shape index (κ3) is 2.59. The topological polar surface area (TPSA) is 40.5 Å². The number of guanidine groups is 1. The maximum absolute atomic E-state index is 5.75. The lowest BCUT2D eigenvalue weighted by molar-refractivity contribution is 0.533. The standard InChI is InChI=1S/C10H13ClN4/c1-15-5-4-12-10(15)14-7-9-3-2-8(11)6-13-9/h2-3,6H,4-5,7H2,1H3,(H,12,14). The van der Waals surface area contributed by atoms with Crippen LogP contribution >= 0.6 is 11.6 Å². The monoisotopic (exact) mass is 224 g/mol. The molecule has 4 nitrogen and oxygen atoms in total. The third-order valence-corrected chi connectivity index (χ3v) is 2.50. The smallest absolute Gasteiger partial charge is 0.194 e. The van der Waals surface area contributed by atoms with E-state index >= 15 is 0 Å². The first kappa shape index (κ1) is 10.2. The maximum atomic E-state index is 5.75. The average Bonchev–Trinajstić information content (AvgIpc) is 2.63. The molecule has 0 atom stereocenters. The van der Waals surface area contributed by atoms with Gasteiger partial charge in [-0.25, -0.2) is 0 Å². The van der Waals surface area contributed by atoms with Gasteiger partial charge in [0, 0.05) is 19.8 Å². The number of nitrogens with one attached hydrogen (secondary N) is 1. The fraction of sp³-hybridized carbons (Fsp3) is 0.400. The Morgan fingerprint density at radius 1 is 1.53 bits per heavy atom. The molecule has 80 valence electrons. The fourth-order valence-corrected chi connectivity index (χ4v) is 1.52. The summed E-state index contributed by atoms with van der Waals surface area (Å²) in [4.78, 5) is 10.6. The van der Waals surface area contributed by atoms with Gasteiger partial charge in [-0.2, -0.15) is 0 Å². The van der Waals surface area contributed by atoms with Crippen LogP contribution in [0.5, 0.6) is 0 Å². The summed E-state index contributed by atoms with van der Waals surface area (Å²) in [5, 5.41) is 3.90. The van der Waals surface area contributed by atoms with Crippen LogP contribution in [0.25, 0.3) is 0 Å². The number of aromatic nitrogens is 1. The molecule has 0 spiro atoms. The highest BCUT2D eigenvalue weighted by atomic mass is 35.5. The van der Waals surface area contributed by atoms with E-state index in [-0.39, 0.29) is 0 Å². The van der Waals surface area contributed by atoms with Crippen LogP contribution < -0.4 is 5.32 Å². The van der Waals surface area contributed by atoms with Crippen LogP contribution in [-0.2, 0) is 6.54 Å². The molecule has 5 heteroatoms. The minimum Gasteiger partial charge on any atom is -0.351 e. The van der Waals surface area contributed by atoms with Gasteiger partial charge in [0.1, 0.15) is 0 Å². The zero-order valence-electron chi connectivity index (χ0n) is 8.57. The number of likely N-dealkylation sites (N-methyl/N-ethyl adjacent to an activating group) is 1. The van der Waals surface area contributed by atoms with Gasteiger partial charge in [0.25, 0.3) is 0 Å². The number of aliphatic imine (C=N–C) groups is 1. The summed E-state index contributed by atoms with van der Waals surface area (Å²) in [7, 11) is 2.02. The Kier molecular flexibility index (Phi) is 3.06. The Bertz CT molecular complexity index is 360. The minimum atomic E-state index is 0.661. The maximum Gasteiger partial charge on any atom is 0.194 e. The molecule has 0 aromatic carbocycles. The summed E-state index contributed by atoms with van der Waals surface area (Å²) in [6.45, 7) is 2.53. The van der Waals surface area contributed by atoms with Gasteiger partial charge in [-0.05, 0) is 12.1 Å². The first-order valence-electron chi connectivity index (χ1n) is 4.85. The molecule has 0 saturated heterocycles. The van der Waals surface area contributed by atoms with Crippen LogP contribution in [0.15, 0.2) is 23.3 Å². The highest BCUT2D eigenvalue weighted by molar-refractivity contribution is 6.30. The van der Waals surface area contributed by atoms with Crippen molar-refractivity contribution in [3.8, 4) is 0 Å². The molecule has 1 aliphatic heterocycles. The second-order valence-electron chi connectivity index (χ2n) is 3.45. The highest BCUT2D eigenvalue weighted by Gasteiger charge is 2.11. The predicted molar refractivity (Wildman–Crippen MR) is 61.0 cm³/mol. The number of hydrogen-bond acceptors (Lipinski definition) is 4. The van der Waals surface area contributed by atoms with E-state index in [2.05, 4.69) is 20.2 Å². The minimum absolute atomic E-state index is 0.661. The molecule has 2 heterocycles. The summed E-state index contributed by atoms with van der Waals surface area (Å²) in [6, 6.07) is 3.75. The van der Waals surface area contributed by atoms with Crippen LogP contribution in [0.3, 0.4) is 0 Å². The van der Waals surface area contributed by atoms with Gasteiger partial charge in [-0.15, -0.1) is 0 Å². The molecule has 2 rings (SSSR count). The van der Waals surface area contributed by atoms with Gasteiger partial charge in [0.2, 0.25) is 0 Å². The molecule has 0 amide bonds. The van der Waals surface area contributed by atoms with Crippen molar-refractivity contribution in [1.82, 2.24) is 15.2 Å². The predicted octanol–water partition coefficient (Wildman–Crippen LogP) is 1.13. The van der Waals surface area contributed by atoms with Crippen molar-refractivity contribution >= 4 is 17.6 Å². The van der Waals surface area contributed by atoms with Crippen molar-refractivity contribution in [2.45, 2.75) is 6.54 Å². The average molecular weight is 225 g/mol. The van der Waals surface area contributed by atoms with Gasteiger partial charge >= 0.3 is 0 Å². The molecule has 15 heavy (non-hydrogen) atoms. The van der Waals surface area contributed by atoms with E-state index in [9.17, 15) is 0 Å². The molecule has 0 bridgehead atoms. The Labute approximate surface area is 94.0 Å². The quantitative estimate of drug-likeness (QED) is 0.819. The van der Waals surface area contributed by atoms with Crippen LogP contribution in [0.4, 0.5) is 0 Å². The lowest BCUT2D eigenvalue weighted by atomic mass is 10.3. The second kappa shape index (κ2) is 4.49. The van der Waals surface area contributed by atoms with E-state index in [0.29, 0.717) is 11.6 Å². The van der Waals surface area contributed by atoms with Crippen molar-refractivity contribution in [3.63, 3.8) is 0 Å². The second-order valence-corrected chi connectivity index (χ2v) is 3.88. The molecule has 1 aromatic rings. The number of pyridine rings is 1. The number of rotatable bonds is 2. The Morgan fingerprint density at radius 2 is 2.40 bits per heavy atom. The molecule has 1 aliphatic rings. The summed E-state index contributed by atoms with van der Waals surface area (Å²) in [5.41, 5.74) is 0.961. The Hall–Kier alpha value is -1.29. The van der Waals surface area contributed by atoms with E-state index in [1.807, 2.05) is 19.2 Å². The van der Waals surface area contributed by atoms with Crippen LogP contribution in [0.2, 0.25) is 5.02 Å². The fourth-order valence-electron chi connectivity index (χ4n) is 1.40. The highest BCUT2D eigenvalue weighted by Crippen LogP contribution is 2.06. The number of halogens is 1. The molecule has 0 unspecified atom stereocenters. The summed E-state index contributed by atoms with van der Waals surface area (Å²) >= 11 is 5.75. The molecule has 1 aromatic heterocycles. The van der Waals surface area contributed by atoms with Crippen LogP contribution in [-0.4, -0.2) is 36.0 Å². The zero-order valence-corrected chi connectivity index (χ0v) is 9.33. The third-order valence-electron chi connectivity index (χ3n) is 2.27. The molecule has 0 radical (unpaired) electrons. The summed E-state index contributed by atoms with van der Waals surface area (Å²) in [5.74, 6) is 0.937. The molecular formula is C10H13ClN4. The Morgan fingerprint density at radius 3 is 3.00 bits per heavy atom. The molecule has 0 saturated carbocycles. The van der Waals surface area contributed by atoms with E-state index in [1.54, 1.807) is 6.20 Å². The number of nitrogens with zero attached hydrogens (tertiary/aromatic N) is 3. The largest absolute Gasteiger partial charge is 0.351 e. The lowest BCUT2D eigenvalue weighted by Gasteiger charge is -2.14. The SMILES string of the molecule is CN1CCN=C1NCc1ccc(Cl)cn1. The molecule has 1 N–H and O–H groups in total. The van der Waals surface area contributed by atoms with Crippen molar-refractivity contribution < 1.29 is 0 Å². The normalized spacial score (nSPS) is 15.3. The van der Waals surface area contributed by atoms with Crippen molar-refractivity contribution in [2.75, 3.05) is 20.1 Å².